The summed E-state index contributed by atoms with van der Waals surface area (Å²) in [6.45, 7) is 4.51. The van der Waals surface area contributed by atoms with Gasteiger partial charge >= 0.3 is 0 Å². The van der Waals surface area contributed by atoms with Crippen LogP contribution in [0, 0.1) is 0 Å². The van der Waals surface area contributed by atoms with Gasteiger partial charge in [0.15, 0.2) is 0 Å². The highest BCUT2D eigenvalue weighted by Gasteiger charge is 2.26. The van der Waals surface area contributed by atoms with Crippen molar-refractivity contribution >= 4 is 20.8 Å². The third-order valence-corrected chi connectivity index (χ3v) is 6.07. The van der Waals surface area contributed by atoms with Gasteiger partial charge in [0.05, 0.1) is 6.54 Å². The molecule has 1 fully saturated rings. The van der Waals surface area contributed by atoms with Crippen molar-refractivity contribution in [3.05, 3.63) is 17.9 Å². The molecule has 0 unspecified atom stereocenters. The molecule has 0 saturated carbocycles. The Morgan fingerprint density at radius 3 is 2.62 bits per heavy atom. The fourth-order valence-electron chi connectivity index (χ4n) is 2.09. The quantitative estimate of drug-likeness (QED) is 0.809. The fourth-order valence-corrected chi connectivity index (χ4v) is 4.65. The van der Waals surface area contributed by atoms with Crippen molar-refractivity contribution in [2.24, 2.45) is 0 Å². The number of sulfonamides is 1. The zero-order chi connectivity index (χ0) is 15.5. The Labute approximate surface area is 128 Å². The monoisotopic (exact) mass is 334 g/mol. The van der Waals surface area contributed by atoms with Gasteiger partial charge in [-0.2, -0.15) is 0 Å². The molecule has 6 nitrogen and oxygen atoms in total. The first-order chi connectivity index (χ1) is 9.87. The van der Waals surface area contributed by atoms with Crippen LogP contribution in [-0.4, -0.2) is 36.2 Å². The van der Waals surface area contributed by atoms with Gasteiger partial charge in [-0.3, -0.25) is 4.21 Å². The van der Waals surface area contributed by atoms with Crippen molar-refractivity contribution in [3.63, 3.8) is 0 Å². The van der Waals surface area contributed by atoms with Gasteiger partial charge in [0, 0.05) is 34.4 Å². The van der Waals surface area contributed by atoms with Crippen LogP contribution >= 0.6 is 0 Å². The Balaban J connectivity index is 1.97. The van der Waals surface area contributed by atoms with E-state index in [1.165, 1.54) is 6.07 Å². The number of furan rings is 1. The fraction of sp³-hybridized carbons (Fsp3) is 0.692. The highest BCUT2D eigenvalue weighted by atomic mass is 32.2. The minimum atomic E-state index is -3.64. The first kappa shape index (κ1) is 16.7. The zero-order valence-corrected chi connectivity index (χ0v) is 13.9. The third-order valence-electron chi connectivity index (χ3n) is 3.30. The van der Waals surface area contributed by atoms with Crippen LogP contribution < -0.4 is 10.0 Å². The van der Waals surface area contributed by atoms with E-state index in [2.05, 4.69) is 10.0 Å². The van der Waals surface area contributed by atoms with Gasteiger partial charge in [0.2, 0.25) is 5.09 Å². The highest BCUT2D eigenvalue weighted by Crippen LogP contribution is 2.17. The molecule has 120 valence electrons. The molecule has 0 aromatic carbocycles. The van der Waals surface area contributed by atoms with Crippen molar-refractivity contribution in [2.75, 3.05) is 11.5 Å². The highest BCUT2D eigenvalue weighted by molar-refractivity contribution is 7.89. The third kappa shape index (κ3) is 4.91. The average molecular weight is 334 g/mol. The zero-order valence-electron chi connectivity index (χ0n) is 12.3. The Hall–Kier alpha value is -0.700. The van der Waals surface area contributed by atoms with Gasteiger partial charge in [-0.25, -0.2) is 13.1 Å². The van der Waals surface area contributed by atoms with Crippen LogP contribution in [0.25, 0.3) is 0 Å². The second-order valence-corrected chi connectivity index (χ2v) is 8.84. The first-order valence-corrected chi connectivity index (χ1v) is 10.0. The number of hydrogen-bond acceptors (Lipinski definition) is 5. The number of hydrogen-bond donors (Lipinski definition) is 2. The van der Waals surface area contributed by atoms with E-state index in [9.17, 15) is 12.6 Å². The molecule has 2 rings (SSSR count). The van der Waals surface area contributed by atoms with E-state index < -0.39 is 20.8 Å². The van der Waals surface area contributed by atoms with Crippen LogP contribution in [0.3, 0.4) is 0 Å². The molecule has 8 heteroatoms. The van der Waals surface area contributed by atoms with Crippen molar-refractivity contribution in [1.29, 1.82) is 0 Å². The maximum absolute atomic E-state index is 12.2. The van der Waals surface area contributed by atoms with Gasteiger partial charge in [-0.1, -0.05) is 13.8 Å². The van der Waals surface area contributed by atoms with Crippen molar-refractivity contribution in [3.8, 4) is 0 Å². The van der Waals surface area contributed by atoms with E-state index >= 15 is 0 Å². The molecule has 21 heavy (non-hydrogen) atoms. The summed E-state index contributed by atoms with van der Waals surface area (Å²) in [5.41, 5.74) is 0. The molecule has 1 aromatic rings. The van der Waals surface area contributed by atoms with Gasteiger partial charge in [-0.05, 0) is 25.0 Å². The van der Waals surface area contributed by atoms with Crippen LogP contribution in [0.5, 0.6) is 0 Å². The summed E-state index contributed by atoms with van der Waals surface area (Å²) in [5.74, 6) is 1.69. The molecule has 0 amide bonds. The molecule has 0 aliphatic carbocycles. The Bertz CT molecular complexity index is 585. The molecule has 2 N–H and O–H groups in total. The van der Waals surface area contributed by atoms with Gasteiger partial charge in [0.1, 0.15) is 5.76 Å². The second-order valence-electron chi connectivity index (χ2n) is 5.50. The van der Waals surface area contributed by atoms with E-state index in [-0.39, 0.29) is 11.1 Å². The first-order valence-electron chi connectivity index (χ1n) is 7.06. The predicted molar refractivity (Wildman–Crippen MR) is 81.9 cm³/mol. The standard InChI is InChI=1S/C13H22N2O4S2/c1-10(2)14-9-12-3-4-13(19-12)21(17,18)15-11-5-7-20(16)8-6-11/h3-4,10-11,14-15H,5-9H2,1-2H3. The van der Waals surface area contributed by atoms with Crippen molar-refractivity contribution in [2.45, 2.75) is 50.4 Å². The summed E-state index contributed by atoms with van der Waals surface area (Å²) in [7, 11) is -4.44. The van der Waals surface area contributed by atoms with Crippen LogP contribution in [0.1, 0.15) is 32.4 Å². The molecule has 1 aliphatic rings. The Morgan fingerprint density at radius 1 is 1.33 bits per heavy atom. The van der Waals surface area contributed by atoms with Crippen molar-refractivity contribution < 1.29 is 17.0 Å². The smallest absolute Gasteiger partial charge is 0.274 e. The number of rotatable bonds is 6. The summed E-state index contributed by atoms with van der Waals surface area (Å²) in [6, 6.07) is 3.28. The van der Waals surface area contributed by atoms with Gasteiger partial charge < -0.3 is 9.73 Å². The van der Waals surface area contributed by atoms with Crippen LogP contribution in [-0.2, 0) is 27.4 Å². The summed E-state index contributed by atoms with van der Waals surface area (Å²) >= 11 is 0. The molecule has 1 aromatic heterocycles. The largest absolute Gasteiger partial charge is 0.447 e. The molecular formula is C13H22N2O4S2. The van der Waals surface area contributed by atoms with Crippen LogP contribution in [0.2, 0.25) is 0 Å². The van der Waals surface area contributed by atoms with Crippen molar-refractivity contribution in [1.82, 2.24) is 10.0 Å². The van der Waals surface area contributed by atoms with Gasteiger partial charge in [0.25, 0.3) is 10.0 Å². The second kappa shape index (κ2) is 7.04. The molecule has 2 heterocycles. The summed E-state index contributed by atoms with van der Waals surface area (Å²) < 4.78 is 43.8. The summed E-state index contributed by atoms with van der Waals surface area (Å²) in [6.07, 6.45) is 1.21. The maximum Gasteiger partial charge on any atom is 0.274 e. The van der Waals surface area contributed by atoms with E-state index in [1.807, 2.05) is 13.8 Å². The van der Waals surface area contributed by atoms with E-state index in [1.54, 1.807) is 6.07 Å². The Morgan fingerprint density at radius 2 is 2.00 bits per heavy atom. The van der Waals surface area contributed by atoms with E-state index in [0.29, 0.717) is 42.7 Å². The molecule has 1 aliphatic heterocycles. The molecule has 0 spiro atoms. The molecular weight excluding hydrogens is 312 g/mol. The lowest BCUT2D eigenvalue weighted by molar-refractivity contribution is 0.390. The topological polar surface area (TPSA) is 88.4 Å². The SMILES string of the molecule is CC(C)NCc1ccc(S(=O)(=O)NC2CCS(=O)CC2)o1. The average Bonchev–Trinajstić information content (AvgIpc) is 2.88. The lowest BCUT2D eigenvalue weighted by Crippen LogP contribution is -2.39. The number of nitrogens with one attached hydrogen (secondary N) is 2. The van der Waals surface area contributed by atoms with E-state index in [4.69, 9.17) is 4.42 Å². The minimum absolute atomic E-state index is 0.0604. The molecule has 0 atom stereocenters. The van der Waals surface area contributed by atoms with Gasteiger partial charge in [-0.15, -0.1) is 0 Å². The molecule has 0 radical (unpaired) electrons. The van der Waals surface area contributed by atoms with Crippen LogP contribution in [0.4, 0.5) is 0 Å². The lowest BCUT2D eigenvalue weighted by Gasteiger charge is -2.21. The van der Waals surface area contributed by atoms with Crippen LogP contribution in [0.15, 0.2) is 21.6 Å². The Kier molecular flexibility index (Phi) is 5.59. The normalized spacial score (nSPS) is 23.6. The van der Waals surface area contributed by atoms with E-state index in [0.717, 1.165) is 0 Å². The maximum atomic E-state index is 12.2. The molecule has 1 saturated heterocycles. The molecule has 0 bridgehead atoms. The minimum Gasteiger partial charge on any atom is -0.447 e. The summed E-state index contributed by atoms with van der Waals surface area (Å²) in [5, 5.41) is 3.11. The predicted octanol–water partition coefficient (Wildman–Crippen LogP) is 0.967. The summed E-state index contributed by atoms with van der Waals surface area (Å²) in [4.78, 5) is 0. The lowest BCUT2D eigenvalue weighted by atomic mass is 10.2.